The lowest BCUT2D eigenvalue weighted by atomic mass is 10.2. The SMILES string of the molecule is CN=C(NCCNC(=O)c1cccnc1)N(C)Cc1cccc(F)c1.I. The van der Waals surface area contributed by atoms with E-state index in [2.05, 4.69) is 20.6 Å². The second-order valence-electron chi connectivity index (χ2n) is 5.46. The van der Waals surface area contributed by atoms with Gasteiger partial charge in [-0.1, -0.05) is 12.1 Å². The van der Waals surface area contributed by atoms with Gasteiger partial charge >= 0.3 is 0 Å². The smallest absolute Gasteiger partial charge is 0.252 e. The summed E-state index contributed by atoms with van der Waals surface area (Å²) in [5.41, 5.74) is 1.38. The molecule has 0 bridgehead atoms. The van der Waals surface area contributed by atoms with E-state index in [-0.39, 0.29) is 35.7 Å². The number of rotatable bonds is 6. The van der Waals surface area contributed by atoms with E-state index in [1.165, 1.54) is 18.3 Å². The summed E-state index contributed by atoms with van der Waals surface area (Å²) in [6.45, 7) is 1.49. The van der Waals surface area contributed by atoms with Crippen LogP contribution in [0.25, 0.3) is 0 Å². The molecule has 1 aromatic heterocycles. The molecular weight excluding hydrogens is 448 g/mol. The molecule has 2 N–H and O–H groups in total. The minimum atomic E-state index is -0.257. The molecule has 8 heteroatoms. The number of hydrogen-bond acceptors (Lipinski definition) is 3. The van der Waals surface area contributed by atoms with Crippen molar-refractivity contribution in [2.24, 2.45) is 4.99 Å². The molecule has 0 radical (unpaired) electrons. The van der Waals surface area contributed by atoms with Gasteiger partial charge in [0.1, 0.15) is 5.82 Å². The quantitative estimate of drug-likeness (QED) is 0.294. The lowest BCUT2D eigenvalue weighted by molar-refractivity contribution is 0.0954. The lowest BCUT2D eigenvalue weighted by Crippen LogP contribution is -2.42. The van der Waals surface area contributed by atoms with Crippen LogP contribution in [-0.2, 0) is 6.54 Å². The number of halogens is 2. The zero-order valence-corrected chi connectivity index (χ0v) is 17.1. The number of nitrogens with zero attached hydrogens (tertiary/aromatic N) is 3. The highest BCUT2D eigenvalue weighted by Gasteiger charge is 2.08. The third kappa shape index (κ3) is 6.95. The van der Waals surface area contributed by atoms with Crippen LogP contribution in [0.3, 0.4) is 0 Å². The molecular formula is C18H23FIN5O. The van der Waals surface area contributed by atoms with Gasteiger partial charge in [-0.25, -0.2) is 4.39 Å². The predicted molar refractivity (Wildman–Crippen MR) is 111 cm³/mol. The molecule has 6 nitrogen and oxygen atoms in total. The maximum atomic E-state index is 13.3. The normalized spacial score (nSPS) is 10.7. The first-order valence-corrected chi connectivity index (χ1v) is 7.94. The summed E-state index contributed by atoms with van der Waals surface area (Å²) in [4.78, 5) is 21.9. The van der Waals surface area contributed by atoms with Gasteiger partial charge < -0.3 is 15.5 Å². The van der Waals surface area contributed by atoms with Crippen molar-refractivity contribution in [3.8, 4) is 0 Å². The molecule has 1 aromatic carbocycles. The summed E-state index contributed by atoms with van der Waals surface area (Å²) < 4.78 is 13.3. The molecule has 140 valence electrons. The maximum Gasteiger partial charge on any atom is 0.252 e. The highest BCUT2D eigenvalue weighted by atomic mass is 127. The van der Waals surface area contributed by atoms with Crippen LogP contribution < -0.4 is 10.6 Å². The molecule has 0 fully saturated rings. The highest BCUT2D eigenvalue weighted by molar-refractivity contribution is 14.0. The van der Waals surface area contributed by atoms with Crippen LogP contribution in [0.5, 0.6) is 0 Å². The van der Waals surface area contributed by atoms with Gasteiger partial charge in [0.05, 0.1) is 5.56 Å². The molecule has 2 aromatic rings. The van der Waals surface area contributed by atoms with Crippen molar-refractivity contribution in [3.05, 3.63) is 65.7 Å². The molecule has 0 unspecified atom stereocenters. The second-order valence-corrected chi connectivity index (χ2v) is 5.46. The Bertz CT molecular complexity index is 727. The minimum absolute atomic E-state index is 0. The van der Waals surface area contributed by atoms with E-state index in [1.54, 1.807) is 31.4 Å². The lowest BCUT2D eigenvalue weighted by Gasteiger charge is -2.22. The minimum Gasteiger partial charge on any atom is -0.354 e. The Hall–Kier alpha value is -2.23. The second kappa shape index (κ2) is 11.4. The van der Waals surface area contributed by atoms with Gasteiger partial charge in [0.15, 0.2) is 5.96 Å². The maximum absolute atomic E-state index is 13.3. The Labute approximate surface area is 169 Å². The van der Waals surface area contributed by atoms with Crippen molar-refractivity contribution in [2.75, 3.05) is 27.2 Å². The molecule has 0 aliphatic heterocycles. The van der Waals surface area contributed by atoms with Gasteiger partial charge in [0, 0.05) is 46.1 Å². The van der Waals surface area contributed by atoms with Crippen LogP contribution in [0.2, 0.25) is 0 Å². The van der Waals surface area contributed by atoms with Crippen molar-refractivity contribution in [1.29, 1.82) is 0 Å². The van der Waals surface area contributed by atoms with Crippen LogP contribution in [0.15, 0.2) is 53.8 Å². The Morgan fingerprint density at radius 3 is 2.65 bits per heavy atom. The van der Waals surface area contributed by atoms with Crippen LogP contribution in [-0.4, -0.2) is 48.9 Å². The van der Waals surface area contributed by atoms with Crippen LogP contribution in [0.4, 0.5) is 4.39 Å². The van der Waals surface area contributed by atoms with Crippen LogP contribution in [0, 0.1) is 5.82 Å². The Morgan fingerprint density at radius 2 is 2.00 bits per heavy atom. The first-order chi connectivity index (χ1) is 12.1. The van der Waals surface area contributed by atoms with E-state index in [4.69, 9.17) is 0 Å². The number of carbonyl (C=O) groups excluding carboxylic acids is 1. The van der Waals surface area contributed by atoms with Crippen molar-refractivity contribution in [3.63, 3.8) is 0 Å². The summed E-state index contributed by atoms with van der Waals surface area (Å²) >= 11 is 0. The van der Waals surface area contributed by atoms with Gasteiger partial charge in [-0.2, -0.15) is 0 Å². The monoisotopic (exact) mass is 471 g/mol. The van der Waals surface area contributed by atoms with E-state index in [0.717, 1.165) is 5.56 Å². The molecule has 1 amide bonds. The molecule has 2 rings (SSSR count). The third-order valence-electron chi connectivity index (χ3n) is 3.50. The molecule has 1 heterocycles. The van der Waals surface area contributed by atoms with E-state index in [1.807, 2.05) is 18.0 Å². The van der Waals surface area contributed by atoms with Crippen molar-refractivity contribution in [1.82, 2.24) is 20.5 Å². The zero-order valence-electron chi connectivity index (χ0n) is 14.8. The fraction of sp³-hybridized carbons (Fsp3) is 0.278. The fourth-order valence-corrected chi connectivity index (χ4v) is 2.32. The van der Waals surface area contributed by atoms with Crippen molar-refractivity contribution in [2.45, 2.75) is 6.54 Å². The van der Waals surface area contributed by atoms with Gasteiger partial charge in [-0.3, -0.25) is 14.8 Å². The summed E-state index contributed by atoms with van der Waals surface area (Å²) in [7, 11) is 3.55. The molecule has 0 aliphatic rings. The molecule has 0 aliphatic carbocycles. The number of carbonyl (C=O) groups is 1. The number of amides is 1. The van der Waals surface area contributed by atoms with Gasteiger partial charge in [-0.05, 0) is 29.8 Å². The number of aliphatic imine (C=N–C) groups is 1. The Kier molecular flexibility index (Phi) is 9.56. The zero-order chi connectivity index (χ0) is 18.1. The van der Waals surface area contributed by atoms with Gasteiger partial charge in [-0.15, -0.1) is 24.0 Å². The van der Waals surface area contributed by atoms with E-state index in [9.17, 15) is 9.18 Å². The van der Waals surface area contributed by atoms with Crippen molar-refractivity contribution < 1.29 is 9.18 Å². The Balaban J connectivity index is 0.00000338. The molecule has 0 spiro atoms. The number of pyridine rings is 1. The summed E-state index contributed by atoms with van der Waals surface area (Å²) in [5.74, 6) is 0.241. The van der Waals surface area contributed by atoms with Gasteiger partial charge in [0.2, 0.25) is 0 Å². The molecule has 0 saturated carbocycles. The highest BCUT2D eigenvalue weighted by Crippen LogP contribution is 2.06. The molecule has 26 heavy (non-hydrogen) atoms. The molecule has 0 atom stereocenters. The van der Waals surface area contributed by atoms with Gasteiger partial charge in [0.25, 0.3) is 5.91 Å². The summed E-state index contributed by atoms with van der Waals surface area (Å²) in [5, 5.41) is 5.97. The summed E-state index contributed by atoms with van der Waals surface area (Å²) in [6, 6.07) is 9.89. The van der Waals surface area contributed by atoms with E-state index < -0.39 is 0 Å². The first-order valence-electron chi connectivity index (χ1n) is 7.94. The standard InChI is InChI=1S/C18H22FN5O.HI/c1-20-18(24(2)13-14-5-3-7-16(19)11-14)23-10-9-22-17(25)15-6-4-8-21-12-15;/h3-8,11-12H,9-10,13H2,1-2H3,(H,20,23)(H,22,25);1H. The number of guanidine groups is 1. The average molecular weight is 471 g/mol. The van der Waals surface area contributed by atoms with Crippen LogP contribution >= 0.6 is 24.0 Å². The van der Waals surface area contributed by atoms with E-state index >= 15 is 0 Å². The topological polar surface area (TPSA) is 69.6 Å². The fourth-order valence-electron chi connectivity index (χ4n) is 2.32. The van der Waals surface area contributed by atoms with E-state index in [0.29, 0.717) is 31.2 Å². The third-order valence-corrected chi connectivity index (χ3v) is 3.50. The molecule has 0 saturated heterocycles. The Morgan fingerprint density at radius 1 is 1.23 bits per heavy atom. The number of hydrogen-bond donors (Lipinski definition) is 2. The predicted octanol–water partition coefficient (Wildman–Crippen LogP) is 2.28. The summed E-state index contributed by atoms with van der Waals surface area (Å²) in [6.07, 6.45) is 3.14. The first kappa shape index (κ1) is 21.8. The average Bonchev–Trinajstić information content (AvgIpc) is 2.62. The number of benzene rings is 1. The van der Waals surface area contributed by atoms with Crippen molar-refractivity contribution >= 4 is 35.8 Å². The number of nitrogens with one attached hydrogen (secondary N) is 2. The number of aromatic nitrogens is 1. The largest absolute Gasteiger partial charge is 0.354 e. The van der Waals surface area contributed by atoms with Crippen LogP contribution in [0.1, 0.15) is 15.9 Å².